The molecule has 1 heterocycles. The van der Waals surface area contributed by atoms with Crippen molar-refractivity contribution in [3.8, 4) is 5.75 Å². The normalized spacial score (nSPS) is 9.33. The highest BCUT2D eigenvalue weighted by atomic mass is 32.1. The molecule has 0 aliphatic carbocycles. The summed E-state index contributed by atoms with van der Waals surface area (Å²) in [7, 11) is 0. The topological polar surface area (TPSA) is 63.3 Å². The number of carbonyl (C=O) groups is 1. The van der Waals surface area contributed by atoms with E-state index in [2.05, 4.69) is 0 Å². The van der Waals surface area contributed by atoms with Crippen LogP contribution in [0.2, 0.25) is 0 Å². The van der Waals surface area contributed by atoms with Crippen LogP contribution in [0.4, 0.5) is 0 Å². The average Bonchev–Trinajstić information content (AvgIpc) is 2.14. The number of hydrogen-bond acceptors (Lipinski definition) is 3. The molecule has 0 unspecified atom stereocenters. The van der Waals surface area contributed by atoms with Crippen molar-refractivity contribution < 1.29 is 9.90 Å². The number of hydrogen-bond donors (Lipinski definition) is 2. The number of amides is 1. The highest BCUT2D eigenvalue weighted by Gasteiger charge is 2.01. The molecule has 48 valence electrons. The molecule has 1 aromatic rings. The molecule has 1 amide bonds. The SMILES string of the molecule is NC(=O)c1cc(O)cs1. The van der Waals surface area contributed by atoms with Gasteiger partial charge in [-0.2, -0.15) is 0 Å². The molecule has 0 saturated heterocycles. The summed E-state index contributed by atoms with van der Waals surface area (Å²) in [5.74, 6) is -0.408. The summed E-state index contributed by atoms with van der Waals surface area (Å²) in [5.41, 5.74) is 4.89. The minimum Gasteiger partial charge on any atom is -0.507 e. The van der Waals surface area contributed by atoms with Crippen molar-refractivity contribution in [2.45, 2.75) is 0 Å². The van der Waals surface area contributed by atoms with Crippen LogP contribution in [0.15, 0.2) is 11.4 Å². The molecule has 0 aromatic carbocycles. The van der Waals surface area contributed by atoms with Gasteiger partial charge in [-0.15, -0.1) is 11.3 Å². The van der Waals surface area contributed by atoms with Crippen molar-refractivity contribution >= 4 is 17.2 Å². The van der Waals surface area contributed by atoms with Crippen LogP contribution in [-0.4, -0.2) is 11.0 Å². The maximum absolute atomic E-state index is 10.3. The highest BCUT2D eigenvalue weighted by Crippen LogP contribution is 2.18. The first-order valence-corrected chi connectivity index (χ1v) is 3.15. The Labute approximate surface area is 55.7 Å². The van der Waals surface area contributed by atoms with E-state index >= 15 is 0 Å². The molecule has 3 N–H and O–H groups in total. The first kappa shape index (κ1) is 6.10. The summed E-state index contributed by atoms with van der Waals surface area (Å²) in [6.45, 7) is 0. The van der Waals surface area contributed by atoms with Gasteiger partial charge in [0.25, 0.3) is 5.91 Å². The summed E-state index contributed by atoms with van der Waals surface area (Å²) < 4.78 is 0. The van der Waals surface area contributed by atoms with Gasteiger partial charge in [-0.25, -0.2) is 0 Å². The molecule has 0 radical (unpaired) electrons. The van der Waals surface area contributed by atoms with Gasteiger partial charge in [0.1, 0.15) is 5.75 Å². The molecule has 0 aliphatic rings. The molecular weight excluding hydrogens is 138 g/mol. The van der Waals surface area contributed by atoms with E-state index in [1.54, 1.807) is 0 Å². The third-order valence-corrected chi connectivity index (χ3v) is 1.76. The van der Waals surface area contributed by atoms with Crippen molar-refractivity contribution in [3.05, 3.63) is 16.3 Å². The van der Waals surface area contributed by atoms with Crippen molar-refractivity contribution in [1.82, 2.24) is 0 Å². The molecule has 4 heteroatoms. The Morgan fingerprint density at radius 3 is 2.67 bits per heavy atom. The zero-order chi connectivity index (χ0) is 6.85. The molecule has 1 rings (SSSR count). The lowest BCUT2D eigenvalue weighted by atomic mass is 10.4. The first-order chi connectivity index (χ1) is 4.20. The van der Waals surface area contributed by atoms with Gasteiger partial charge in [0.15, 0.2) is 0 Å². The Morgan fingerprint density at radius 2 is 2.44 bits per heavy atom. The second-order valence-corrected chi connectivity index (χ2v) is 2.44. The van der Waals surface area contributed by atoms with Crippen LogP contribution in [0.3, 0.4) is 0 Å². The number of aromatic hydroxyl groups is 1. The van der Waals surface area contributed by atoms with Crippen LogP contribution in [0.5, 0.6) is 5.75 Å². The summed E-state index contributed by atoms with van der Waals surface area (Å²) in [5, 5.41) is 10.2. The lowest BCUT2D eigenvalue weighted by molar-refractivity contribution is 0.100. The van der Waals surface area contributed by atoms with Crippen LogP contribution in [0.25, 0.3) is 0 Å². The molecule has 0 spiro atoms. The number of rotatable bonds is 1. The Morgan fingerprint density at radius 1 is 1.78 bits per heavy atom. The molecule has 9 heavy (non-hydrogen) atoms. The summed E-state index contributed by atoms with van der Waals surface area (Å²) in [6.07, 6.45) is 0. The Kier molecular flexibility index (Phi) is 1.40. The van der Waals surface area contributed by atoms with Crippen molar-refractivity contribution in [3.63, 3.8) is 0 Å². The molecule has 0 aliphatic heterocycles. The van der Waals surface area contributed by atoms with Crippen LogP contribution in [-0.2, 0) is 0 Å². The standard InChI is InChI=1S/C5H5NO2S/c6-5(8)4-1-3(7)2-9-4/h1-2,7H,(H2,6,8). The van der Waals surface area contributed by atoms with Crippen LogP contribution < -0.4 is 5.73 Å². The van der Waals surface area contributed by atoms with E-state index in [-0.39, 0.29) is 5.75 Å². The molecule has 0 saturated carbocycles. The zero-order valence-corrected chi connectivity index (χ0v) is 5.31. The third-order valence-electron chi connectivity index (χ3n) is 0.828. The van der Waals surface area contributed by atoms with Gasteiger partial charge in [-0.05, 0) is 0 Å². The molecule has 3 nitrogen and oxygen atoms in total. The summed E-state index contributed by atoms with van der Waals surface area (Å²) in [4.78, 5) is 10.7. The maximum Gasteiger partial charge on any atom is 0.258 e. The van der Waals surface area contributed by atoms with E-state index in [0.717, 1.165) is 11.3 Å². The van der Waals surface area contributed by atoms with Crippen molar-refractivity contribution in [1.29, 1.82) is 0 Å². The Bertz CT molecular complexity index is 231. The summed E-state index contributed by atoms with van der Waals surface area (Å²) >= 11 is 1.13. The zero-order valence-electron chi connectivity index (χ0n) is 4.50. The van der Waals surface area contributed by atoms with Gasteiger partial charge < -0.3 is 10.8 Å². The Hall–Kier alpha value is -1.03. The fourth-order valence-electron chi connectivity index (χ4n) is 0.455. The van der Waals surface area contributed by atoms with E-state index < -0.39 is 5.91 Å². The smallest absolute Gasteiger partial charge is 0.258 e. The number of primary amides is 1. The predicted octanol–water partition coefficient (Wildman–Crippen LogP) is 0.553. The van der Waals surface area contributed by atoms with Gasteiger partial charge in [-0.1, -0.05) is 0 Å². The molecule has 0 bridgehead atoms. The number of thiophene rings is 1. The third kappa shape index (κ3) is 1.20. The molecular formula is C5H5NO2S. The maximum atomic E-state index is 10.3. The van der Waals surface area contributed by atoms with Crippen LogP contribution in [0, 0.1) is 0 Å². The first-order valence-electron chi connectivity index (χ1n) is 2.27. The van der Waals surface area contributed by atoms with Gasteiger partial charge in [0.05, 0.1) is 4.88 Å². The van der Waals surface area contributed by atoms with Gasteiger partial charge in [-0.3, -0.25) is 4.79 Å². The van der Waals surface area contributed by atoms with E-state index in [4.69, 9.17) is 10.8 Å². The lowest BCUT2D eigenvalue weighted by Gasteiger charge is -1.80. The largest absolute Gasteiger partial charge is 0.507 e. The van der Waals surface area contributed by atoms with E-state index in [9.17, 15) is 4.79 Å². The predicted molar refractivity (Wildman–Crippen MR) is 34.5 cm³/mol. The van der Waals surface area contributed by atoms with Gasteiger partial charge >= 0.3 is 0 Å². The monoisotopic (exact) mass is 143 g/mol. The highest BCUT2D eigenvalue weighted by molar-refractivity contribution is 7.12. The van der Waals surface area contributed by atoms with E-state index in [0.29, 0.717) is 4.88 Å². The fourth-order valence-corrected chi connectivity index (χ4v) is 1.08. The number of nitrogens with two attached hydrogens (primary N) is 1. The average molecular weight is 143 g/mol. The number of carbonyl (C=O) groups excluding carboxylic acids is 1. The minimum atomic E-state index is -0.500. The Balaban J connectivity index is 2.98. The fraction of sp³-hybridized carbons (Fsp3) is 0. The second kappa shape index (κ2) is 2.06. The molecule has 1 aromatic heterocycles. The van der Waals surface area contributed by atoms with Gasteiger partial charge in [0, 0.05) is 11.4 Å². The van der Waals surface area contributed by atoms with Crippen LogP contribution in [0.1, 0.15) is 9.67 Å². The quantitative estimate of drug-likeness (QED) is 0.603. The van der Waals surface area contributed by atoms with Crippen molar-refractivity contribution in [2.75, 3.05) is 0 Å². The van der Waals surface area contributed by atoms with E-state index in [1.807, 2.05) is 0 Å². The molecule has 0 fully saturated rings. The lowest BCUT2D eigenvalue weighted by Crippen LogP contribution is -2.07. The second-order valence-electron chi connectivity index (χ2n) is 1.53. The van der Waals surface area contributed by atoms with Crippen LogP contribution >= 0.6 is 11.3 Å². The summed E-state index contributed by atoms with van der Waals surface area (Å²) in [6, 6.07) is 1.34. The van der Waals surface area contributed by atoms with E-state index in [1.165, 1.54) is 11.4 Å². The minimum absolute atomic E-state index is 0.0915. The van der Waals surface area contributed by atoms with Gasteiger partial charge in [0.2, 0.25) is 0 Å². The molecule has 0 atom stereocenters. The van der Waals surface area contributed by atoms with Crippen molar-refractivity contribution in [2.24, 2.45) is 5.73 Å².